The van der Waals surface area contributed by atoms with Crippen LogP contribution in [0.25, 0.3) is 0 Å². The summed E-state index contributed by atoms with van der Waals surface area (Å²) in [6.45, 7) is 5.13. The van der Waals surface area contributed by atoms with Crippen LogP contribution in [0.1, 0.15) is 20.3 Å². The topological polar surface area (TPSA) is 38.3 Å². The van der Waals surface area contributed by atoms with Crippen molar-refractivity contribution < 1.29 is 9.53 Å². The molecule has 70 valence electrons. The summed E-state index contributed by atoms with van der Waals surface area (Å²) in [6, 6.07) is 0.419. The van der Waals surface area contributed by atoms with E-state index in [-0.39, 0.29) is 11.9 Å². The summed E-state index contributed by atoms with van der Waals surface area (Å²) in [6.07, 6.45) is 0.901. The minimum atomic E-state index is -0.0594. The number of hydrogen-bond donors (Lipinski definition) is 1. The Morgan fingerprint density at radius 3 is 2.75 bits per heavy atom. The summed E-state index contributed by atoms with van der Waals surface area (Å²) < 4.78 is 4.74. The summed E-state index contributed by atoms with van der Waals surface area (Å²) in [7, 11) is 1.46. The highest BCUT2D eigenvalue weighted by molar-refractivity contribution is 5.72. The molecule has 12 heavy (non-hydrogen) atoms. The summed E-state index contributed by atoms with van der Waals surface area (Å²) in [4.78, 5) is 11.3. The van der Waals surface area contributed by atoms with E-state index in [2.05, 4.69) is 19.2 Å². The molecule has 0 radical (unpaired) electrons. The average molecular weight is 171 g/mol. The average Bonchev–Trinajstić information content (AvgIpc) is 2.08. The highest BCUT2D eigenvalue weighted by Crippen LogP contribution is 2.23. The fourth-order valence-electron chi connectivity index (χ4n) is 1.75. The molecule has 1 heterocycles. The van der Waals surface area contributed by atoms with E-state index < -0.39 is 0 Å². The second-order valence-electron chi connectivity index (χ2n) is 3.52. The van der Waals surface area contributed by atoms with Crippen molar-refractivity contribution in [3.8, 4) is 0 Å². The maximum absolute atomic E-state index is 11.3. The van der Waals surface area contributed by atoms with Crippen molar-refractivity contribution in [1.29, 1.82) is 0 Å². The first-order valence-electron chi connectivity index (χ1n) is 4.48. The van der Waals surface area contributed by atoms with E-state index in [1.165, 1.54) is 7.11 Å². The molecule has 0 spiro atoms. The SMILES string of the molecule is COC(=O)[C@@H]1CCN[C@H](C)[C@@H]1C. The molecule has 0 unspecified atom stereocenters. The number of esters is 1. The molecular formula is C9H17NO2. The first-order valence-corrected chi connectivity index (χ1v) is 4.48. The summed E-state index contributed by atoms with van der Waals surface area (Å²) in [5, 5.41) is 3.33. The minimum absolute atomic E-state index is 0.0594. The van der Waals surface area contributed by atoms with Crippen molar-refractivity contribution in [2.24, 2.45) is 11.8 Å². The number of methoxy groups -OCH3 is 1. The molecule has 3 nitrogen and oxygen atoms in total. The number of nitrogens with one attached hydrogen (secondary N) is 1. The zero-order valence-corrected chi connectivity index (χ0v) is 7.96. The molecule has 0 aromatic rings. The van der Waals surface area contributed by atoms with Crippen LogP contribution in [-0.4, -0.2) is 25.7 Å². The van der Waals surface area contributed by atoms with Gasteiger partial charge in [-0.2, -0.15) is 0 Å². The van der Waals surface area contributed by atoms with Crippen molar-refractivity contribution in [2.75, 3.05) is 13.7 Å². The third-order valence-corrected chi connectivity index (χ3v) is 2.85. The van der Waals surface area contributed by atoms with Crippen molar-refractivity contribution >= 4 is 5.97 Å². The Hall–Kier alpha value is -0.570. The highest BCUT2D eigenvalue weighted by Gasteiger charge is 2.32. The number of carbonyl (C=O) groups is 1. The molecule has 3 heteroatoms. The second kappa shape index (κ2) is 3.90. The third-order valence-electron chi connectivity index (χ3n) is 2.85. The third kappa shape index (κ3) is 1.78. The van der Waals surface area contributed by atoms with Crippen LogP contribution >= 0.6 is 0 Å². The Bertz CT molecular complexity index is 170. The first kappa shape index (κ1) is 9.52. The predicted octanol–water partition coefficient (Wildman–Crippen LogP) is 0.793. The molecule has 0 amide bonds. The molecule has 0 aliphatic carbocycles. The maximum atomic E-state index is 11.3. The van der Waals surface area contributed by atoms with Gasteiger partial charge in [0, 0.05) is 6.04 Å². The maximum Gasteiger partial charge on any atom is 0.309 e. The van der Waals surface area contributed by atoms with E-state index >= 15 is 0 Å². The first-order chi connectivity index (χ1) is 5.66. The monoisotopic (exact) mass is 171 g/mol. The lowest BCUT2D eigenvalue weighted by Gasteiger charge is -2.33. The smallest absolute Gasteiger partial charge is 0.309 e. The van der Waals surface area contributed by atoms with Crippen LogP contribution in [0.4, 0.5) is 0 Å². The Labute approximate surface area is 73.5 Å². The van der Waals surface area contributed by atoms with Crippen LogP contribution in [0, 0.1) is 11.8 Å². The van der Waals surface area contributed by atoms with Crippen LogP contribution in [0.5, 0.6) is 0 Å². The van der Waals surface area contributed by atoms with Gasteiger partial charge in [0.15, 0.2) is 0 Å². The number of rotatable bonds is 1. The van der Waals surface area contributed by atoms with Crippen molar-refractivity contribution in [1.82, 2.24) is 5.32 Å². The Balaban J connectivity index is 2.57. The van der Waals surface area contributed by atoms with E-state index in [0.717, 1.165) is 13.0 Å². The van der Waals surface area contributed by atoms with Crippen LogP contribution in [0.2, 0.25) is 0 Å². The molecular weight excluding hydrogens is 154 g/mol. The molecule has 1 saturated heterocycles. The van der Waals surface area contributed by atoms with Crippen LogP contribution in [-0.2, 0) is 9.53 Å². The standard InChI is InChI=1S/C9H17NO2/c1-6-7(2)10-5-4-8(6)9(11)12-3/h6-8,10H,4-5H2,1-3H3/t6-,7+,8+/m0/s1. The molecule has 0 aromatic heterocycles. The molecule has 1 rings (SSSR count). The lowest BCUT2D eigenvalue weighted by atomic mass is 9.83. The van der Waals surface area contributed by atoms with Gasteiger partial charge < -0.3 is 10.1 Å². The quantitative estimate of drug-likeness (QED) is 0.593. The van der Waals surface area contributed by atoms with E-state index in [9.17, 15) is 4.79 Å². The lowest BCUT2D eigenvalue weighted by molar-refractivity contribution is -0.148. The van der Waals surface area contributed by atoms with Gasteiger partial charge in [-0.15, -0.1) is 0 Å². The Morgan fingerprint density at radius 2 is 2.17 bits per heavy atom. The van der Waals surface area contributed by atoms with Gasteiger partial charge in [0.05, 0.1) is 13.0 Å². The van der Waals surface area contributed by atoms with Crippen LogP contribution in [0.15, 0.2) is 0 Å². The fourth-order valence-corrected chi connectivity index (χ4v) is 1.75. The van der Waals surface area contributed by atoms with Crippen molar-refractivity contribution in [3.63, 3.8) is 0 Å². The molecule has 3 atom stereocenters. The van der Waals surface area contributed by atoms with Gasteiger partial charge in [-0.1, -0.05) is 6.92 Å². The van der Waals surface area contributed by atoms with E-state index in [1.54, 1.807) is 0 Å². The Kier molecular flexibility index (Phi) is 3.09. The van der Waals surface area contributed by atoms with Gasteiger partial charge in [-0.25, -0.2) is 0 Å². The Morgan fingerprint density at radius 1 is 1.50 bits per heavy atom. The second-order valence-corrected chi connectivity index (χ2v) is 3.52. The molecule has 1 N–H and O–H groups in total. The fraction of sp³-hybridized carbons (Fsp3) is 0.889. The van der Waals surface area contributed by atoms with Gasteiger partial charge in [-0.05, 0) is 25.8 Å². The number of piperidine rings is 1. The predicted molar refractivity (Wildman–Crippen MR) is 46.8 cm³/mol. The van der Waals surface area contributed by atoms with Crippen LogP contribution in [0.3, 0.4) is 0 Å². The largest absolute Gasteiger partial charge is 0.469 e. The molecule has 0 bridgehead atoms. The molecule has 1 aliphatic heterocycles. The van der Waals surface area contributed by atoms with E-state index in [1.807, 2.05) is 0 Å². The summed E-state index contributed by atoms with van der Waals surface area (Å²) in [5.74, 6) is 0.410. The molecule has 1 fully saturated rings. The van der Waals surface area contributed by atoms with E-state index in [4.69, 9.17) is 4.74 Å². The highest BCUT2D eigenvalue weighted by atomic mass is 16.5. The van der Waals surface area contributed by atoms with Gasteiger partial charge in [-0.3, -0.25) is 4.79 Å². The van der Waals surface area contributed by atoms with Gasteiger partial charge in [0.25, 0.3) is 0 Å². The van der Waals surface area contributed by atoms with Gasteiger partial charge in [0.1, 0.15) is 0 Å². The zero-order chi connectivity index (χ0) is 9.14. The van der Waals surface area contributed by atoms with E-state index in [0.29, 0.717) is 12.0 Å². The van der Waals surface area contributed by atoms with Gasteiger partial charge in [0.2, 0.25) is 0 Å². The van der Waals surface area contributed by atoms with Gasteiger partial charge >= 0.3 is 5.97 Å². The summed E-state index contributed by atoms with van der Waals surface area (Å²) >= 11 is 0. The number of carbonyl (C=O) groups excluding carboxylic acids is 1. The lowest BCUT2D eigenvalue weighted by Crippen LogP contribution is -2.45. The number of hydrogen-bond acceptors (Lipinski definition) is 3. The zero-order valence-electron chi connectivity index (χ0n) is 7.96. The molecule has 0 aromatic carbocycles. The van der Waals surface area contributed by atoms with Crippen molar-refractivity contribution in [3.05, 3.63) is 0 Å². The van der Waals surface area contributed by atoms with Crippen molar-refractivity contribution in [2.45, 2.75) is 26.3 Å². The normalized spacial score (nSPS) is 36.1. The number of ether oxygens (including phenoxy) is 1. The molecule has 1 aliphatic rings. The minimum Gasteiger partial charge on any atom is -0.469 e. The molecule has 0 saturated carbocycles. The van der Waals surface area contributed by atoms with Crippen LogP contribution < -0.4 is 5.32 Å². The summed E-state index contributed by atoms with van der Waals surface area (Å²) in [5.41, 5.74) is 0.